The van der Waals surface area contributed by atoms with Crippen LogP contribution in [0.15, 0.2) is 54.0 Å². The summed E-state index contributed by atoms with van der Waals surface area (Å²) in [5.41, 5.74) is 3.47. The van der Waals surface area contributed by atoms with Crippen molar-refractivity contribution in [2.45, 2.75) is 6.54 Å². The monoisotopic (exact) mass is 493 g/mol. The van der Waals surface area contributed by atoms with Gasteiger partial charge < -0.3 is 4.57 Å². The number of thioether (sulfide) groups is 1. The lowest BCUT2D eigenvalue weighted by atomic mass is 9.95. The molecule has 0 saturated carbocycles. The summed E-state index contributed by atoms with van der Waals surface area (Å²) in [5, 5.41) is 6.94. The van der Waals surface area contributed by atoms with E-state index in [1.807, 2.05) is 59.7 Å². The van der Waals surface area contributed by atoms with Gasteiger partial charge in [-0.25, -0.2) is 0 Å². The average Bonchev–Trinajstić information content (AvgIpc) is 3.58. The minimum Gasteiger partial charge on any atom is -0.346 e. The summed E-state index contributed by atoms with van der Waals surface area (Å²) in [6.07, 6.45) is 2.03. The van der Waals surface area contributed by atoms with Gasteiger partial charge in [0.05, 0.1) is 11.1 Å². The van der Waals surface area contributed by atoms with Crippen LogP contribution in [0.4, 0.5) is 0 Å². The van der Waals surface area contributed by atoms with Crippen LogP contribution >= 0.6 is 34.7 Å². The Bertz CT molecular complexity index is 1460. The Labute approximate surface area is 204 Å². The molecule has 0 bridgehead atoms. The van der Waals surface area contributed by atoms with Crippen LogP contribution in [0.25, 0.3) is 32.1 Å². The fourth-order valence-corrected chi connectivity index (χ4v) is 6.81. The van der Waals surface area contributed by atoms with Crippen molar-refractivity contribution >= 4 is 78.6 Å². The third-order valence-corrected chi connectivity index (χ3v) is 8.49. The van der Waals surface area contributed by atoms with E-state index in [1.54, 1.807) is 11.3 Å². The van der Waals surface area contributed by atoms with Gasteiger partial charge in [-0.3, -0.25) is 19.8 Å². The van der Waals surface area contributed by atoms with Crippen molar-refractivity contribution < 1.29 is 9.59 Å². The molecule has 2 aromatic carbocycles. The molecule has 4 heterocycles. The van der Waals surface area contributed by atoms with Gasteiger partial charge in [-0.15, -0.1) is 23.1 Å². The first-order chi connectivity index (χ1) is 16.1. The summed E-state index contributed by atoms with van der Waals surface area (Å²) < 4.78 is 3.23. The smallest absolute Gasteiger partial charge is 0.259 e. The van der Waals surface area contributed by atoms with Crippen LogP contribution in [-0.4, -0.2) is 46.0 Å². The number of hydrogen-bond donors (Lipinski definition) is 1. The van der Waals surface area contributed by atoms with E-state index in [0.29, 0.717) is 16.2 Å². The molecule has 2 aromatic heterocycles. The molecule has 5 nitrogen and oxygen atoms in total. The van der Waals surface area contributed by atoms with Gasteiger partial charge in [-0.2, -0.15) is 0 Å². The molecular formula is C25H20ClN3O2S2. The first kappa shape index (κ1) is 21.0. The Kier molecular flexibility index (Phi) is 5.30. The van der Waals surface area contributed by atoms with E-state index in [2.05, 4.69) is 20.9 Å². The SMILES string of the molecule is O=C1NC(=O)C(c2cn(CCN3CCSC3)c3ccccc23)=C1c1csc2ccc(Cl)cc12. The molecule has 4 aromatic rings. The van der Waals surface area contributed by atoms with E-state index in [1.165, 1.54) is 5.75 Å². The van der Waals surface area contributed by atoms with Gasteiger partial charge in [-0.1, -0.05) is 29.8 Å². The number of hydrogen-bond acceptors (Lipinski definition) is 5. The van der Waals surface area contributed by atoms with Crippen molar-refractivity contribution in [1.82, 2.24) is 14.8 Å². The number of fused-ring (bicyclic) bond motifs is 2. The maximum Gasteiger partial charge on any atom is 0.259 e. The highest BCUT2D eigenvalue weighted by molar-refractivity contribution is 7.99. The van der Waals surface area contributed by atoms with Gasteiger partial charge in [0.15, 0.2) is 0 Å². The normalized spacial score (nSPS) is 17.1. The number of halogens is 1. The van der Waals surface area contributed by atoms with Crippen LogP contribution < -0.4 is 5.32 Å². The summed E-state index contributed by atoms with van der Waals surface area (Å²) in [7, 11) is 0. The minimum absolute atomic E-state index is 0.352. The zero-order chi connectivity index (χ0) is 22.5. The van der Waals surface area contributed by atoms with E-state index < -0.39 is 0 Å². The third kappa shape index (κ3) is 3.60. The van der Waals surface area contributed by atoms with Gasteiger partial charge in [0.1, 0.15) is 0 Å². The van der Waals surface area contributed by atoms with E-state index >= 15 is 0 Å². The number of carbonyl (C=O) groups is 2. The summed E-state index contributed by atoms with van der Waals surface area (Å²) in [6, 6.07) is 13.7. The third-order valence-electron chi connectivity index (χ3n) is 6.28. The predicted molar refractivity (Wildman–Crippen MR) is 138 cm³/mol. The highest BCUT2D eigenvalue weighted by atomic mass is 35.5. The van der Waals surface area contributed by atoms with Gasteiger partial charge >= 0.3 is 0 Å². The predicted octanol–water partition coefficient (Wildman–Crippen LogP) is 5.08. The zero-order valence-corrected chi connectivity index (χ0v) is 20.0. The Hall–Kier alpha value is -2.58. The Balaban J connectivity index is 1.52. The minimum atomic E-state index is -0.361. The molecular weight excluding hydrogens is 474 g/mol. The Morgan fingerprint density at radius 1 is 0.970 bits per heavy atom. The number of rotatable bonds is 5. The highest BCUT2D eigenvalue weighted by Crippen LogP contribution is 2.40. The molecule has 1 N–H and O–H groups in total. The van der Waals surface area contributed by atoms with Gasteiger partial charge in [0.2, 0.25) is 0 Å². The van der Waals surface area contributed by atoms with Crippen molar-refractivity contribution in [3.05, 3.63) is 70.2 Å². The van der Waals surface area contributed by atoms with Crippen LogP contribution in [0.5, 0.6) is 0 Å². The number of para-hydroxylation sites is 1. The topological polar surface area (TPSA) is 54.3 Å². The zero-order valence-electron chi connectivity index (χ0n) is 17.6. The average molecular weight is 494 g/mol. The molecule has 8 heteroatoms. The fraction of sp³-hybridized carbons (Fsp3) is 0.200. The molecule has 2 amide bonds. The Morgan fingerprint density at radius 2 is 1.79 bits per heavy atom. The van der Waals surface area contributed by atoms with Gasteiger partial charge in [0.25, 0.3) is 11.8 Å². The van der Waals surface area contributed by atoms with Gasteiger partial charge in [-0.05, 0) is 24.3 Å². The molecule has 2 aliphatic heterocycles. The molecule has 6 rings (SSSR count). The maximum absolute atomic E-state index is 13.1. The number of benzene rings is 2. The Morgan fingerprint density at radius 3 is 2.61 bits per heavy atom. The summed E-state index contributed by atoms with van der Waals surface area (Å²) in [6.45, 7) is 2.89. The number of thiophene rings is 1. The molecule has 0 radical (unpaired) electrons. The van der Waals surface area contributed by atoms with Gasteiger partial charge in [0, 0.05) is 80.0 Å². The van der Waals surface area contributed by atoms with Crippen molar-refractivity contribution in [1.29, 1.82) is 0 Å². The number of nitrogens with zero attached hydrogens (tertiary/aromatic N) is 2. The summed E-state index contributed by atoms with van der Waals surface area (Å²) >= 11 is 9.76. The summed E-state index contributed by atoms with van der Waals surface area (Å²) in [4.78, 5) is 28.5. The maximum atomic E-state index is 13.1. The molecule has 2 aliphatic rings. The second-order valence-electron chi connectivity index (χ2n) is 8.23. The molecule has 166 valence electrons. The molecule has 0 aliphatic carbocycles. The number of nitrogens with one attached hydrogen (secondary N) is 1. The number of carbonyl (C=O) groups excluding carboxylic acids is 2. The molecule has 1 saturated heterocycles. The van der Waals surface area contributed by atoms with Crippen LogP contribution in [0.1, 0.15) is 11.1 Å². The molecule has 0 atom stereocenters. The van der Waals surface area contributed by atoms with Crippen molar-refractivity contribution in [2.75, 3.05) is 24.7 Å². The van der Waals surface area contributed by atoms with Crippen LogP contribution in [0, 0.1) is 0 Å². The largest absolute Gasteiger partial charge is 0.346 e. The second kappa shape index (κ2) is 8.33. The van der Waals surface area contributed by atoms with Crippen LogP contribution in [-0.2, 0) is 16.1 Å². The van der Waals surface area contributed by atoms with Crippen molar-refractivity contribution in [3.63, 3.8) is 0 Å². The lowest BCUT2D eigenvalue weighted by molar-refractivity contribution is -0.122. The standard InChI is InChI=1S/C25H20ClN3O2S2/c26-15-5-6-21-17(11-15)19(13-33-21)23-22(24(30)27-25(23)31)18-12-29(8-7-28-9-10-32-14-28)20-4-2-1-3-16(18)20/h1-6,11-13H,7-10,14H2,(H,27,30,31). The van der Waals surface area contributed by atoms with Crippen molar-refractivity contribution in [3.8, 4) is 0 Å². The first-order valence-electron chi connectivity index (χ1n) is 10.8. The van der Waals surface area contributed by atoms with Crippen LogP contribution in [0.3, 0.4) is 0 Å². The van der Waals surface area contributed by atoms with E-state index in [-0.39, 0.29) is 11.8 Å². The lowest BCUT2D eigenvalue weighted by Gasteiger charge is -2.14. The molecule has 1 fully saturated rings. The quantitative estimate of drug-likeness (QED) is 0.394. The number of imide groups is 1. The number of aromatic nitrogens is 1. The van der Waals surface area contributed by atoms with E-state index in [9.17, 15) is 9.59 Å². The highest BCUT2D eigenvalue weighted by Gasteiger charge is 2.35. The first-order valence-corrected chi connectivity index (χ1v) is 13.2. The fourth-order valence-electron chi connectivity index (χ4n) is 4.67. The molecule has 0 unspecified atom stereocenters. The number of amides is 2. The van der Waals surface area contributed by atoms with E-state index in [4.69, 9.17) is 11.6 Å². The van der Waals surface area contributed by atoms with E-state index in [0.717, 1.165) is 57.6 Å². The molecule has 33 heavy (non-hydrogen) atoms. The van der Waals surface area contributed by atoms with Crippen LogP contribution in [0.2, 0.25) is 5.02 Å². The molecule has 0 spiro atoms. The lowest BCUT2D eigenvalue weighted by Crippen LogP contribution is -2.24. The second-order valence-corrected chi connectivity index (χ2v) is 10.7. The van der Waals surface area contributed by atoms with Crippen molar-refractivity contribution in [2.24, 2.45) is 0 Å². The summed E-state index contributed by atoms with van der Waals surface area (Å²) in [5.74, 6) is 1.52.